The predicted octanol–water partition coefficient (Wildman–Crippen LogP) is 3.22. The molecule has 1 aromatic carbocycles. The van der Waals surface area contributed by atoms with E-state index in [1.54, 1.807) is 7.11 Å². The average molecular weight is 391 g/mol. The summed E-state index contributed by atoms with van der Waals surface area (Å²) in [4.78, 5) is 6.85. The van der Waals surface area contributed by atoms with Gasteiger partial charge in [-0.2, -0.15) is 0 Å². The minimum atomic E-state index is 0.334. The maximum Gasteiger partial charge on any atom is 0.193 e. The fraction of sp³-hybridized carbons (Fsp3) is 0.682. The van der Waals surface area contributed by atoms with E-state index in [2.05, 4.69) is 58.6 Å². The summed E-state index contributed by atoms with van der Waals surface area (Å²) in [6.45, 7) is 8.85. The molecule has 158 valence electrons. The highest BCUT2D eigenvalue weighted by molar-refractivity contribution is 5.80. The Morgan fingerprint density at radius 2 is 1.89 bits per heavy atom. The van der Waals surface area contributed by atoms with Gasteiger partial charge in [0.1, 0.15) is 0 Å². The second-order valence-electron chi connectivity index (χ2n) is 7.69. The van der Waals surface area contributed by atoms with Crippen LogP contribution in [0.25, 0.3) is 0 Å². The van der Waals surface area contributed by atoms with Gasteiger partial charge in [-0.05, 0) is 37.3 Å². The third-order valence-electron chi connectivity index (χ3n) is 5.21. The number of methoxy groups -OCH3 is 1. The summed E-state index contributed by atoms with van der Waals surface area (Å²) in [5.74, 6) is 1.50. The van der Waals surface area contributed by atoms with Crippen molar-refractivity contribution >= 4 is 11.6 Å². The van der Waals surface area contributed by atoms with Gasteiger partial charge < -0.3 is 25.0 Å². The Balaban J connectivity index is 1.77. The summed E-state index contributed by atoms with van der Waals surface area (Å²) >= 11 is 0. The number of piperidine rings is 1. The maximum absolute atomic E-state index is 5.97. The first-order chi connectivity index (χ1) is 13.6. The van der Waals surface area contributed by atoms with Crippen LogP contribution in [-0.2, 0) is 9.47 Å². The van der Waals surface area contributed by atoms with Crippen LogP contribution in [0, 0.1) is 5.92 Å². The number of nitrogens with one attached hydrogen (secondary N) is 2. The molecule has 1 fully saturated rings. The summed E-state index contributed by atoms with van der Waals surface area (Å²) in [5.41, 5.74) is 1.16. The highest BCUT2D eigenvalue weighted by atomic mass is 16.5. The fourth-order valence-electron chi connectivity index (χ4n) is 3.42. The van der Waals surface area contributed by atoms with Crippen molar-refractivity contribution in [2.45, 2.75) is 45.3 Å². The van der Waals surface area contributed by atoms with Crippen LogP contribution >= 0.6 is 0 Å². The monoisotopic (exact) mass is 390 g/mol. The molecule has 0 bridgehead atoms. The molecule has 0 aliphatic carbocycles. The van der Waals surface area contributed by atoms with Crippen molar-refractivity contribution in [2.75, 3.05) is 52.3 Å². The van der Waals surface area contributed by atoms with Crippen LogP contribution in [0.4, 0.5) is 5.69 Å². The van der Waals surface area contributed by atoms with Gasteiger partial charge in [-0.1, -0.05) is 32.0 Å². The van der Waals surface area contributed by atoms with Crippen LogP contribution in [-0.4, -0.2) is 70.0 Å². The van der Waals surface area contributed by atoms with E-state index in [-0.39, 0.29) is 0 Å². The van der Waals surface area contributed by atoms with Crippen molar-refractivity contribution in [3.63, 3.8) is 0 Å². The van der Waals surface area contributed by atoms with Crippen molar-refractivity contribution in [3.05, 3.63) is 30.3 Å². The van der Waals surface area contributed by atoms with E-state index in [1.807, 2.05) is 13.1 Å². The molecule has 1 aliphatic rings. The Labute approximate surface area is 170 Å². The first-order valence-electron chi connectivity index (χ1n) is 10.5. The van der Waals surface area contributed by atoms with E-state index in [9.17, 15) is 0 Å². The van der Waals surface area contributed by atoms with Crippen molar-refractivity contribution in [1.82, 2.24) is 10.2 Å². The van der Waals surface area contributed by atoms with Gasteiger partial charge in [0.05, 0.1) is 6.10 Å². The Morgan fingerprint density at radius 1 is 1.18 bits per heavy atom. The molecule has 0 spiro atoms. The van der Waals surface area contributed by atoms with Gasteiger partial charge in [0.25, 0.3) is 0 Å². The molecule has 1 heterocycles. The predicted molar refractivity (Wildman–Crippen MR) is 117 cm³/mol. The van der Waals surface area contributed by atoms with Gasteiger partial charge in [-0.15, -0.1) is 0 Å². The quantitative estimate of drug-likeness (QED) is 0.365. The molecule has 0 aromatic heterocycles. The Hall–Kier alpha value is -1.79. The van der Waals surface area contributed by atoms with Crippen LogP contribution in [0.3, 0.4) is 0 Å². The third kappa shape index (κ3) is 7.68. The molecule has 2 N–H and O–H groups in total. The lowest BCUT2D eigenvalue weighted by atomic mass is 10.0. The number of rotatable bonds is 10. The number of para-hydroxylation sites is 1. The molecule has 2 rings (SSSR count). The van der Waals surface area contributed by atoms with Crippen LogP contribution in [0.1, 0.15) is 33.1 Å². The van der Waals surface area contributed by atoms with Gasteiger partial charge in [0.15, 0.2) is 5.96 Å². The number of benzene rings is 1. The first-order valence-corrected chi connectivity index (χ1v) is 10.5. The number of likely N-dealkylation sites (tertiary alicyclic amines) is 1. The highest BCUT2D eigenvalue weighted by Crippen LogP contribution is 2.15. The normalized spacial score (nSPS) is 17.0. The smallest absolute Gasteiger partial charge is 0.193 e. The number of hydrogen-bond acceptors (Lipinski definition) is 4. The molecule has 0 radical (unpaired) electrons. The lowest BCUT2D eigenvalue weighted by molar-refractivity contribution is 0.00990. The molecule has 6 heteroatoms. The third-order valence-corrected chi connectivity index (χ3v) is 5.21. The van der Waals surface area contributed by atoms with E-state index < -0.39 is 0 Å². The number of nitrogens with zero attached hydrogens (tertiary/aromatic N) is 2. The van der Waals surface area contributed by atoms with Crippen LogP contribution in [0.5, 0.6) is 0 Å². The highest BCUT2D eigenvalue weighted by Gasteiger charge is 2.22. The summed E-state index contributed by atoms with van der Waals surface area (Å²) in [5, 5.41) is 7.21. The second-order valence-corrected chi connectivity index (χ2v) is 7.69. The van der Waals surface area contributed by atoms with Gasteiger partial charge in [-0.3, -0.25) is 4.99 Å². The van der Waals surface area contributed by atoms with Gasteiger partial charge in [0.2, 0.25) is 0 Å². The van der Waals surface area contributed by atoms with Crippen LogP contribution < -0.4 is 10.6 Å². The van der Waals surface area contributed by atoms with Gasteiger partial charge >= 0.3 is 0 Å². The zero-order chi connectivity index (χ0) is 20.2. The minimum absolute atomic E-state index is 0.334. The van der Waals surface area contributed by atoms with E-state index in [0.29, 0.717) is 18.1 Å². The van der Waals surface area contributed by atoms with E-state index in [1.165, 1.54) is 0 Å². The Morgan fingerprint density at radius 3 is 2.50 bits per heavy atom. The van der Waals surface area contributed by atoms with E-state index in [0.717, 1.165) is 63.8 Å². The van der Waals surface area contributed by atoms with Crippen molar-refractivity contribution in [1.29, 1.82) is 0 Å². The van der Waals surface area contributed by atoms with Gasteiger partial charge in [0, 0.05) is 58.7 Å². The fourth-order valence-corrected chi connectivity index (χ4v) is 3.42. The zero-order valence-electron chi connectivity index (χ0n) is 18.0. The topological polar surface area (TPSA) is 58.1 Å². The molecule has 1 aliphatic heterocycles. The van der Waals surface area contributed by atoms with Gasteiger partial charge in [-0.25, -0.2) is 0 Å². The number of guanidine groups is 1. The molecule has 1 saturated heterocycles. The number of ether oxygens (including phenoxy) is 2. The Bertz CT molecular complexity index is 557. The van der Waals surface area contributed by atoms with E-state index in [4.69, 9.17) is 9.47 Å². The lowest BCUT2D eigenvalue weighted by Gasteiger charge is -2.35. The summed E-state index contributed by atoms with van der Waals surface area (Å²) in [6, 6.07) is 10.7. The number of hydrogen-bond donors (Lipinski definition) is 2. The molecule has 1 unspecified atom stereocenters. The molecule has 6 nitrogen and oxygen atoms in total. The van der Waals surface area contributed by atoms with Crippen molar-refractivity contribution < 1.29 is 9.47 Å². The Kier molecular flexibility index (Phi) is 10.1. The van der Waals surface area contributed by atoms with Crippen LogP contribution in [0.15, 0.2) is 35.3 Å². The molecule has 28 heavy (non-hydrogen) atoms. The summed E-state index contributed by atoms with van der Waals surface area (Å²) in [6.07, 6.45) is 3.41. The lowest BCUT2D eigenvalue weighted by Crippen LogP contribution is -2.50. The molecular weight excluding hydrogens is 352 g/mol. The minimum Gasteiger partial charge on any atom is -0.385 e. The molecule has 0 saturated carbocycles. The summed E-state index contributed by atoms with van der Waals surface area (Å²) < 4.78 is 11.0. The average Bonchev–Trinajstić information content (AvgIpc) is 2.72. The molecule has 1 atom stereocenters. The molecule has 1 aromatic rings. The maximum atomic E-state index is 5.97. The van der Waals surface area contributed by atoms with Crippen LogP contribution in [0.2, 0.25) is 0 Å². The first kappa shape index (κ1) is 22.5. The zero-order valence-corrected chi connectivity index (χ0v) is 18.0. The number of aliphatic imine (C=N–C) groups is 1. The second kappa shape index (κ2) is 12.6. The SMILES string of the molecule is CN=C(NCC(Nc1ccccc1)C(C)C)N1CCC(OCCCOC)CC1. The van der Waals surface area contributed by atoms with Crippen molar-refractivity contribution in [3.8, 4) is 0 Å². The standard InChI is InChI=1S/C22H38N4O2/c1-18(2)21(25-19-9-6-5-7-10-19)17-24-22(23-3)26-13-11-20(12-14-26)28-16-8-15-27-4/h5-7,9-10,18,20-21,25H,8,11-17H2,1-4H3,(H,23,24). The van der Waals surface area contributed by atoms with E-state index >= 15 is 0 Å². The largest absolute Gasteiger partial charge is 0.385 e. The molecular formula is C22H38N4O2. The summed E-state index contributed by atoms with van der Waals surface area (Å²) in [7, 11) is 3.60. The number of anilines is 1. The van der Waals surface area contributed by atoms with Crippen molar-refractivity contribution in [2.24, 2.45) is 10.9 Å². The molecule has 0 amide bonds.